The fourth-order valence-electron chi connectivity index (χ4n) is 0. The summed E-state index contributed by atoms with van der Waals surface area (Å²) >= 11 is 0. The van der Waals surface area contributed by atoms with Crippen molar-refractivity contribution in [3.8, 4) is 0 Å². The van der Waals surface area contributed by atoms with Gasteiger partial charge in [0.15, 0.2) is 0 Å². The predicted octanol–water partition coefficient (Wildman–Crippen LogP) is -1.83. The van der Waals surface area contributed by atoms with E-state index in [1.807, 2.05) is 6.55 Å². The fourth-order valence-corrected chi connectivity index (χ4v) is 0. The number of rotatable bonds is 1. The molecular weight excluding hydrogens is 82.9 g/mol. The van der Waals surface area contributed by atoms with Gasteiger partial charge in [0.2, 0.25) is 0 Å². The second kappa shape index (κ2) is 2.44. The minimum atomic E-state index is -0.977. The summed E-state index contributed by atoms with van der Waals surface area (Å²) in [7, 11) is -0.540. The van der Waals surface area contributed by atoms with Crippen LogP contribution < -0.4 is 0 Å². The molecule has 0 atom stereocenters. The lowest BCUT2D eigenvalue weighted by Gasteiger charge is -1.81. The van der Waals surface area contributed by atoms with Gasteiger partial charge >= 0.3 is 6.71 Å². The quantitative estimate of drug-likeness (QED) is 0.372. The van der Waals surface area contributed by atoms with E-state index in [2.05, 4.69) is 0 Å². The first-order valence-corrected chi connectivity index (χ1v) is 3.86. The molecule has 0 aliphatic heterocycles. The molecule has 0 bridgehead atoms. The van der Waals surface area contributed by atoms with Gasteiger partial charge in [-0.15, -0.1) is 0 Å². The summed E-state index contributed by atoms with van der Waals surface area (Å²) in [5.41, 5.74) is 0. The van der Waals surface area contributed by atoms with Crippen molar-refractivity contribution in [2.45, 2.75) is 6.55 Å². The van der Waals surface area contributed by atoms with E-state index in [-0.39, 0.29) is 0 Å². The van der Waals surface area contributed by atoms with Gasteiger partial charge in [-0.05, 0) is 0 Å². The lowest BCUT2D eigenvalue weighted by Crippen LogP contribution is -2.17. The van der Waals surface area contributed by atoms with E-state index in [4.69, 9.17) is 10.0 Å². The number of hydrogen-bond acceptors (Lipinski definition) is 2. The van der Waals surface area contributed by atoms with Crippen LogP contribution in [0, 0.1) is 0 Å². The molecule has 0 spiro atoms. The summed E-state index contributed by atoms with van der Waals surface area (Å²) in [5, 5.41) is 16.0. The zero-order chi connectivity index (χ0) is 4.28. The summed E-state index contributed by atoms with van der Waals surface area (Å²) in [5.74, 6) is 0. The van der Waals surface area contributed by atoms with Crippen LogP contribution in [-0.2, 0) is 0 Å². The van der Waals surface area contributed by atoms with Crippen molar-refractivity contribution >= 4 is 16.1 Å². The molecule has 0 aromatic heterocycles. The molecule has 0 heterocycles. The first-order chi connectivity index (χ1) is 2.27. The van der Waals surface area contributed by atoms with E-state index < -0.39 is 16.1 Å². The molecule has 2 N–H and O–H groups in total. The highest BCUT2D eigenvalue weighted by atomic mass is 28.2. The molecule has 0 unspecified atom stereocenters. The third kappa shape index (κ3) is 4.20. The van der Waals surface area contributed by atoms with Gasteiger partial charge in [-0.2, -0.15) is 0 Å². The smallest absolute Gasteiger partial charge is 0.418 e. The molecule has 0 aliphatic carbocycles. The van der Waals surface area contributed by atoms with Crippen molar-refractivity contribution in [2.24, 2.45) is 0 Å². The van der Waals surface area contributed by atoms with Gasteiger partial charge in [0, 0.05) is 0 Å². The Morgan fingerprint density at radius 3 is 1.80 bits per heavy atom. The molecule has 0 amide bonds. The maximum atomic E-state index is 7.98. The zero-order valence-corrected chi connectivity index (χ0v) is 4.59. The Morgan fingerprint density at radius 2 is 1.80 bits per heavy atom. The maximum absolute atomic E-state index is 7.98. The van der Waals surface area contributed by atoms with Crippen molar-refractivity contribution in [3.05, 3.63) is 0 Å². The Bertz CT molecular complexity index is 23.6. The summed E-state index contributed by atoms with van der Waals surface area (Å²) in [4.78, 5) is 0. The highest BCUT2D eigenvalue weighted by Gasteiger charge is 1.97. The standard InChI is InChI=1S/CH7BO2Si/c1-5-2(3)4/h3-4H,5H2,1H3. The van der Waals surface area contributed by atoms with Gasteiger partial charge < -0.3 is 10.0 Å². The van der Waals surface area contributed by atoms with Crippen molar-refractivity contribution in [1.29, 1.82) is 0 Å². The van der Waals surface area contributed by atoms with Crippen LogP contribution in [0.2, 0.25) is 6.55 Å². The van der Waals surface area contributed by atoms with Gasteiger partial charge in [-0.1, -0.05) is 6.55 Å². The average molecular weight is 90.0 g/mol. The normalized spacial score (nSPS) is 10.2. The largest absolute Gasteiger partial charge is 0.430 e. The average Bonchev–Trinajstić information content (AvgIpc) is 1.38. The van der Waals surface area contributed by atoms with Crippen LogP contribution in [0.25, 0.3) is 0 Å². The molecule has 0 rings (SSSR count). The number of hydrogen-bond donors (Lipinski definition) is 2. The molecule has 5 heavy (non-hydrogen) atoms. The third-order valence-electron chi connectivity index (χ3n) is 0.365. The topological polar surface area (TPSA) is 40.5 Å². The zero-order valence-electron chi connectivity index (χ0n) is 3.18. The fraction of sp³-hybridized carbons (Fsp3) is 1.00. The van der Waals surface area contributed by atoms with Crippen LogP contribution >= 0.6 is 0 Å². The Labute approximate surface area is 33.7 Å². The van der Waals surface area contributed by atoms with Gasteiger partial charge in [0.25, 0.3) is 0 Å². The lowest BCUT2D eigenvalue weighted by atomic mass is 10.4. The molecule has 0 saturated carbocycles. The van der Waals surface area contributed by atoms with Crippen molar-refractivity contribution in [2.75, 3.05) is 0 Å². The van der Waals surface area contributed by atoms with Crippen LogP contribution in [-0.4, -0.2) is 26.1 Å². The molecule has 0 aromatic carbocycles. The van der Waals surface area contributed by atoms with E-state index in [9.17, 15) is 0 Å². The minimum Gasteiger partial charge on any atom is -0.430 e. The highest BCUT2D eigenvalue weighted by molar-refractivity contribution is 7.03. The minimum absolute atomic E-state index is 0.540. The Kier molecular flexibility index (Phi) is 2.54. The lowest BCUT2D eigenvalue weighted by molar-refractivity contribution is 0.434. The van der Waals surface area contributed by atoms with E-state index in [1.54, 1.807) is 0 Å². The second-order valence-electron chi connectivity index (χ2n) is 0.889. The third-order valence-corrected chi connectivity index (χ3v) is 1.10. The van der Waals surface area contributed by atoms with Crippen LogP contribution in [0.4, 0.5) is 0 Å². The first-order valence-electron chi connectivity index (χ1n) is 1.63. The van der Waals surface area contributed by atoms with Crippen molar-refractivity contribution in [1.82, 2.24) is 0 Å². The van der Waals surface area contributed by atoms with E-state index in [0.717, 1.165) is 0 Å². The van der Waals surface area contributed by atoms with Gasteiger partial charge in [0.05, 0.1) is 9.39 Å². The molecule has 0 aliphatic rings. The summed E-state index contributed by atoms with van der Waals surface area (Å²) < 4.78 is 0. The Morgan fingerprint density at radius 1 is 1.60 bits per heavy atom. The van der Waals surface area contributed by atoms with Gasteiger partial charge in [0.1, 0.15) is 0 Å². The molecule has 2 nitrogen and oxygen atoms in total. The van der Waals surface area contributed by atoms with E-state index in [0.29, 0.717) is 0 Å². The molecule has 0 fully saturated rings. The highest BCUT2D eigenvalue weighted by Crippen LogP contribution is 1.55. The molecular formula is CH7BO2Si. The monoisotopic (exact) mass is 90.0 g/mol. The second-order valence-corrected chi connectivity index (χ2v) is 2.44. The van der Waals surface area contributed by atoms with E-state index >= 15 is 0 Å². The van der Waals surface area contributed by atoms with Crippen LogP contribution in [0.3, 0.4) is 0 Å². The van der Waals surface area contributed by atoms with Crippen LogP contribution in [0.5, 0.6) is 0 Å². The maximum Gasteiger partial charge on any atom is 0.418 e. The van der Waals surface area contributed by atoms with Crippen LogP contribution in [0.1, 0.15) is 0 Å². The van der Waals surface area contributed by atoms with E-state index in [1.165, 1.54) is 0 Å². The Hall–Kier alpha value is 0.202. The van der Waals surface area contributed by atoms with Crippen molar-refractivity contribution < 1.29 is 10.0 Å². The summed E-state index contributed by atoms with van der Waals surface area (Å²) in [6.07, 6.45) is 0. The Balaban J connectivity index is 2.54. The molecule has 0 radical (unpaired) electrons. The SMILES string of the molecule is C[SiH2]B(O)O. The molecule has 4 heteroatoms. The predicted molar refractivity (Wildman–Crippen MR) is 24.6 cm³/mol. The van der Waals surface area contributed by atoms with Crippen LogP contribution in [0.15, 0.2) is 0 Å². The van der Waals surface area contributed by atoms with Gasteiger partial charge in [-0.25, -0.2) is 0 Å². The van der Waals surface area contributed by atoms with Crippen molar-refractivity contribution in [3.63, 3.8) is 0 Å². The summed E-state index contributed by atoms with van der Waals surface area (Å²) in [6.45, 7) is 0.861. The molecule has 30 valence electrons. The molecule has 0 saturated heterocycles. The van der Waals surface area contributed by atoms with Gasteiger partial charge in [-0.3, -0.25) is 0 Å². The first kappa shape index (κ1) is 5.20. The summed E-state index contributed by atoms with van der Waals surface area (Å²) in [6, 6.07) is 0. The molecule has 0 aromatic rings.